The first-order valence-electron chi connectivity index (χ1n) is 5.64. The molecule has 1 atom stereocenters. The molecule has 0 aliphatic carbocycles. The third kappa shape index (κ3) is 10.4. The average Bonchev–Trinajstić information content (AvgIpc) is 2.39. The zero-order valence-electron chi connectivity index (χ0n) is 10.0. The fraction of sp³-hybridized carbons (Fsp3) is 0.583. The fourth-order valence-corrected chi connectivity index (χ4v) is 1.46. The van der Waals surface area contributed by atoms with E-state index in [9.17, 15) is 14.4 Å². The average molecular weight is 249 g/mol. The molecule has 1 unspecified atom stereocenters. The van der Waals surface area contributed by atoms with Crippen molar-refractivity contribution in [2.24, 2.45) is 20.9 Å². The van der Waals surface area contributed by atoms with Crippen molar-refractivity contribution in [3.63, 3.8) is 0 Å². The van der Waals surface area contributed by atoms with Gasteiger partial charge in [-0.3, -0.25) is 0 Å². The molecule has 6 heteroatoms. The minimum Gasteiger partial charge on any atom is -0.211 e. The molecular weight excluding hydrogens is 234 g/mol. The highest BCUT2D eigenvalue weighted by Crippen LogP contribution is 2.14. The number of rotatable bonds is 10. The van der Waals surface area contributed by atoms with Gasteiger partial charge in [0.05, 0.1) is 13.1 Å². The number of hydrogen-bond donors (Lipinski definition) is 0. The molecule has 96 valence electrons. The van der Waals surface area contributed by atoms with Crippen LogP contribution in [0.2, 0.25) is 0 Å². The molecule has 0 saturated heterocycles. The molecule has 0 heterocycles. The Labute approximate surface area is 105 Å². The molecule has 0 bridgehead atoms. The molecule has 0 aliphatic rings. The van der Waals surface area contributed by atoms with Gasteiger partial charge in [0.15, 0.2) is 0 Å². The molecule has 0 fully saturated rings. The summed E-state index contributed by atoms with van der Waals surface area (Å²) in [4.78, 5) is 40.0. The van der Waals surface area contributed by atoms with E-state index >= 15 is 0 Å². The van der Waals surface area contributed by atoms with Gasteiger partial charge in [-0.1, -0.05) is 12.5 Å². The minimum atomic E-state index is 0.199. The van der Waals surface area contributed by atoms with E-state index in [1.54, 1.807) is 6.08 Å². The van der Waals surface area contributed by atoms with Gasteiger partial charge in [0.2, 0.25) is 18.2 Å². The van der Waals surface area contributed by atoms with Crippen LogP contribution in [0.25, 0.3) is 0 Å². The van der Waals surface area contributed by atoms with Crippen LogP contribution in [-0.2, 0) is 14.4 Å². The van der Waals surface area contributed by atoms with Crippen LogP contribution in [0.4, 0.5) is 0 Å². The summed E-state index contributed by atoms with van der Waals surface area (Å²) >= 11 is 0. The van der Waals surface area contributed by atoms with E-state index in [1.165, 1.54) is 24.4 Å². The van der Waals surface area contributed by atoms with Gasteiger partial charge in [-0.25, -0.2) is 24.4 Å². The van der Waals surface area contributed by atoms with E-state index in [-0.39, 0.29) is 5.92 Å². The van der Waals surface area contributed by atoms with Crippen LogP contribution in [0, 0.1) is 5.92 Å². The monoisotopic (exact) mass is 249 g/mol. The molecule has 0 N–H and O–H groups in total. The lowest BCUT2D eigenvalue weighted by Gasteiger charge is -2.10. The first kappa shape index (κ1) is 15.9. The second kappa shape index (κ2) is 12.9. The van der Waals surface area contributed by atoms with Crippen LogP contribution in [-0.4, -0.2) is 31.3 Å². The van der Waals surface area contributed by atoms with Crippen LogP contribution in [0.15, 0.2) is 27.3 Å². The smallest absolute Gasteiger partial charge is 0.211 e. The van der Waals surface area contributed by atoms with Crippen molar-refractivity contribution in [3.8, 4) is 0 Å². The summed E-state index contributed by atoms with van der Waals surface area (Å²) < 4.78 is 0. The Morgan fingerprint density at radius 3 is 2.44 bits per heavy atom. The van der Waals surface area contributed by atoms with Crippen LogP contribution in [0.1, 0.15) is 25.7 Å². The van der Waals surface area contributed by atoms with Crippen molar-refractivity contribution in [1.82, 2.24) is 0 Å². The molecule has 0 aliphatic heterocycles. The molecule has 0 radical (unpaired) electrons. The molecule has 6 nitrogen and oxygen atoms in total. The van der Waals surface area contributed by atoms with Crippen molar-refractivity contribution in [2.75, 3.05) is 13.1 Å². The molecular formula is C12H15N3O3. The zero-order chi connectivity index (χ0) is 13.5. The maximum absolute atomic E-state index is 10.1. The highest BCUT2D eigenvalue weighted by Gasteiger charge is 2.05. The maximum Gasteiger partial charge on any atom is 0.239 e. The van der Waals surface area contributed by atoms with Gasteiger partial charge < -0.3 is 0 Å². The molecule has 0 spiro atoms. The van der Waals surface area contributed by atoms with Crippen LogP contribution >= 0.6 is 0 Å². The lowest BCUT2D eigenvalue weighted by Crippen LogP contribution is -2.04. The van der Waals surface area contributed by atoms with E-state index in [0.717, 1.165) is 19.3 Å². The Bertz CT molecular complexity index is 387. The number of aliphatic imine (C=N–C) groups is 3. The highest BCUT2D eigenvalue weighted by atomic mass is 16.1. The molecule has 0 aromatic carbocycles. The molecule has 0 rings (SSSR count). The second-order valence-corrected chi connectivity index (χ2v) is 3.61. The first-order chi connectivity index (χ1) is 8.85. The number of allylic oxidation sites excluding steroid dienone is 1. The molecule has 0 aromatic rings. The summed E-state index contributed by atoms with van der Waals surface area (Å²) in [7, 11) is 0. The van der Waals surface area contributed by atoms with Gasteiger partial charge in [0.1, 0.15) is 0 Å². The van der Waals surface area contributed by atoms with E-state index in [1.807, 2.05) is 0 Å². The zero-order valence-corrected chi connectivity index (χ0v) is 10.0. The lowest BCUT2D eigenvalue weighted by molar-refractivity contribution is 0.473. The first-order valence-corrected chi connectivity index (χ1v) is 5.64. The van der Waals surface area contributed by atoms with Crippen molar-refractivity contribution >= 4 is 18.2 Å². The Morgan fingerprint density at radius 1 is 1.00 bits per heavy atom. The normalized spacial score (nSPS) is 11.1. The number of carbonyl (C=O) groups excluding carboxylic acids is 3. The summed E-state index contributed by atoms with van der Waals surface area (Å²) in [6.07, 6.45) is 10.7. The minimum absolute atomic E-state index is 0.199. The van der Waals surface area contributed by atoms with Crippen LogP contribution in [0.3, 0.4) is 0 Å². The fourth-order valence-electron chi connectivity index (χ4n) is 1.46. The Kier molecular flexibility index (Phi) is 11.4. The summed E-state index contributed by atoms with van der Waals surface area (Å²) in [6, 6.07) is 0. The standard InChI is InChI=1S/C12H15N3O3/c16-9-13-6-2-1-4-12(8-15-11-18)5-3-7-14-10-17/h3,7,12H,1-2,4-6,8H2. The SMILES string of the molecule is O=C=NC=CCC(CCCCN=C=O)CN=C=O. The van der Waals surface area contributed by atoms with Gasteiger partial charge >= 0.3 is 0 Å². The maximum atomic E-state index is 10.1. The molecule has 18 heavy (non-hydrogen) atoms. The van der Waals surface area contributed by atoms with Gasteiger partial charge in [-0.15, -0.1) is 0 Å². The van der Waals surface area contributed by atoms with Gasteiger partial charge in [-0.05, 0) is 25.2 Å². The second-order valence-electron chi connectivity index (χ2n) is 3.61. The number of nitrogens with zero attached hydrogens (tertiary/aromatic N) is 3. The number of hydrogen-bond acceptors (Lipinski definition) is 6. The van der Waals surface area contributed by atoms with E-state index in [2.05, 4.69) is 15.0 Å². The van der Waals surface area contributed by atoms with E-state index in [0.29, 0.717) is 19.5 Å². The van der Waals surface area contributed by atoms with Crippen molar-refractivity contribution in [1.29, 1.82) is 0 Å². The number of isocyanates is 3. The topological polar surface area (TPSA) is 88.3 Å². The third-order valence-corrected chi connectivity index (χ3v) is 2.31. The van der Waals surface area contributed by atoms with E-state index < -0.39 is 0 Å². The van der Waals surface area contributed by atoms with Crippen LogP contribution in [0.5, 0.6) is 0 Å². The Balaban J connectivity index is 4.00. The third-order valence-electron chi connectivity index (χ3n) is 2.31. The summed E-state index contributed by atoms with van der Waals surface area (Å²) in [5.41, 5.74) is 0. The van der Waals surface area contributed by atoms with Crippen molar-refractivity contribution in [2.45, 2.75) is 25.7 Å². The van der Waals surface area contributed by atoms with Gasteiger partial charge in [0.25, 0.3) is 0 Å². The quantitative estimate of drug-likeness (QED) is 0.335. The summed E-state index contributed by atoms with van der Waals surface area (Å²) in [6.45, 7) is 0.869. The van der Waals surface area contributed by atoms with Gasteiger partial charge in [0, 0.05) is 6.20 Å². The largest absolute Gasteiger partial charge is 0.239 e. The highest BCUT2D eigenvalue weighted by molar-refractivity contribution is 5.34. The van der Waals surface area contributed by atoms with Crippen LogP contribution < -0.4 is 0 Å². The molecule has 0 saturated carbocycles. The molecule has 0 aromatic heterocycles. The Hall–Kier alpha value is -2.12. The molecule has 0 amide bonds. The van der Waals surface area contributed by atoms with Crippen molar-refractivity contribution in [3.05, 3.63) is 12.3 Å². The predicted octanol–water partition coefficient (Wildman–Crippen LogP) is 1.68. The van der Waals surface area contributed by atoms with Gasteiger partial charge in [-0.2, -0.15) is 4.99 Å². The summed E-state index contributed by atoms with van der Waals surface area (Å²) in [5, 5.41) is 0. The van der Waals surface area contributed by atoms with Crippen molar-refractivity contribution < 1.29 is 14.4 Å². The summed E-state index contributed by atoms with van der Waals surface area (Å²) in [5.74, 6) is 0.199. The number of unbranched alkanes of at least 4 members (excludes halogenated alkanes) is 1. The van der Waals surface area contributed by atoms with E-state index in [4.69, 9.17) is 0 Å². The lowest BCUT2D eigenvalue weighted by atomic mass is 9.98. The Morgan fingerprint density at radius 2 is 1.78 bits per heavy atom. The predicted molar refractivity (Wildman–Crippen MR) is 65.2 cm³/mol.